The summed E-state index contributed by atoms with van der Waals surface area (Å²) in [6.45, 7) is 7.36. The zero-order valence-corrected chi connectivity index (χ0v) is 21.2. The molecule has 0 aliphatic carbocycles. The molecular formula is C20H36IN5O2S. The Balaban J connectivity index is 0.00000420. The number of halogens is 1. The number of benzene rings is 1. The smallest absolute Gasteiger partial charge is 0.242 e. The fourth-order valence-corrected chi connectivity index (χ4v) is 4.09. The van der Waals surface area contributed by atoms with Crippen molar-refractivity contribution >= 4 is 40.0 Å². The van der Waals surface area contributed by atoms with E-state index >= 15 is 0 Å². The predicted octanol–water partition coefficient (Wildman–Crippen LogP) is 2.34. The molecule has 7 nitrogen and oxygen atoms in total. The Morgan fingerprint density at radius 1 is 1.17 bits per heavy atom. The van der Waals surface area contributed by atoms with Gasteiger partial charge >= 0.3 is 0 Å². The van der Waals surface area contributed by atoms with Gasteiger partial charge in [-0.25, -0.2) is 12.7 Å². The van der Waals surface area contributed by atoms with Crippen LogP contribution >= 0.6 is 24.0 Å². The van der Waals surface area contributed by atoms with Crippen LogP contribution in [0.15, 0.2) is 34.2 Å². The van der Waals surface area contributed by atoms with Crippen molar-refractivity contribution < 1.29 is 8.42 Å². The number of nitrogens with zero attached hydrogens (tertiary/aromatic N) is 3. The number of sulfonamides is 1. The Morgan fingerprint density at radius 3 is 2.34 bits per heavy atom. The van der Waals surface area contributed by atoms with Gasteiger partial charge in [-0.2, -0.15) is 0 Å². The van der Waals surface area contributed by atoms with E-state index in [0.29, 0.717) is 11.4 Å². The fourth-order valence-electron chi connectivity index (χ4n) is 3.19. The van der Waals surface area contributed by atoms with Crippen molar-refractivity contribution in [1.82, 2.24) is 19.8 Å². The molecule has 1 aliphatic rings. The van der Waals surface area contributed by atoms with Gasteiger partial charge < -0.3 is 15.5 Å². The molecular weight excluding hydrogens is 501 g/mol. The van der Waals surface area contributed by atoms with Gasteiger partial charge in [0.2, 0.25) is 10.0 Å². The summed E-state index contributed by atoms with van der Waals surface area (Å²) in [7, 11) is 1.44. The maximum absolute atomic E-state index is 12.1. The summed E-state index contributed by atoms with van der Waals surface area (Å²) < 4.78 is 25.4. The van der Waals surface area contributed by atoms with Crippen LogP contribution < -0.4 is 10.6 Å². The molecule has 1 saturated heterocycles. The van der Waals surface area contributed by atoms with Gasteiger partial charge in [0.05, 0.1) is 4.90 Å². The molecule has 1 aliphatic heterocycles. The van der Waals surface area contributed by atoms with Gasteiger partial charge in [0.25, 0.3) is 0 Å². The molecule has 1 aromatic rings. The average Bonchev–Trinajstić information content (AvgIpc) is 2.69. The van der Waals surface area contributed by atoms with E-state index in [0.717, 1.165) is 37.0 Å². The van der Waals surface area contributed by atoms with E-state index in [2.05, 4.69) is 27.4 Å². The number of hydrogen-bond donors (Lipinski definition) is 2. The SMILES string of the molecule is CN=C(NCCCN1CCC(C)CC1)NCc1ccc(S(=O)(=O)N(C)C)cc1.I. The molecule has 0 atom stereocenters. The molecule has 1 fully saturated rings. The second-order valence-corrected chi connectivity index (χ2v) is 9.81. The van der Waals surface area contributed by atoms with E-state index < -0.39 is 10.0 Å². The van der Waals surface area contributed by atoms with E-state index in [4.69, 9.17) is 0 Å². The first-order valence-corrected chi connectivity index (χ1v) is 11.4. The van der Waals surface area contributed by atoms with Crippen LogP contribution in [0.4, 0.5) is 0 Å². The van der Waals surface area contributed by atoms with Crippen molar-refractivity contribution in [1.29, 1.82) is 0 Å². The number of likely N-dealkylation sites (tertiary alicyclic amines) is 1. The van der Waals surface area contributed by atoms with Crippen LogP contribution in [0.3, 0.4) is 0 Å². The summed E-state index contributed by atoms with van der Waals surface area (Å²) in [5.41, 5.74) is 1.00. The second-order valence-electron chi connectivity index (χ2n) is 7.66. The summed E-state index contributed by atoms with van der Waals surface area (Å²) >= 11 is 0. The summed E-state index contributed by atoms with van der Waals surface area (Å²) in [5, 5.41) is 6.62. The van der Waals surface area contributed by atoms with Gasteiger partial charge in [-0.1, -0.05) is 19.1 Å². The molecule has 0 aromatic heterocycles. The Bertz CT molecular complexity index is 730. The third-order valence-corrected chi connectivity index (χ3v) is 7.03. The molecule has 1 heterocycles. The van der Waals surface area contributed by atoms with Crippen LogP contribution in [0.2, 0.25) is 0 Å². The van der Waals surface area contributed by atoms with Gasteiger partial charge in [0.1, 0.15) is 0 Å². The summed E-state index contributed by atoms with van der Waals surface area (Å²) in [6, 6.07) is 6.94. The Hall–Kier alpha value is -0.910. The first-order chi connectivity index (χ1) is 13.3. The minimum Gasteiger partial charge on any atom is -0.356 e. The van der Waals surface area contributed by atoms with Crippen LogP contribution in [0.5, 0.6) is 0 Å². The normalized spacial score (nSPS) is 16.5. The zero-order chi connectivity index (χ0) is 20.6. The first kappa shape index (κ1) is 26.1. The minimum atomic E-state index is -3.38. The van der Waals surface area contributed by atoms with Crippen molar-refractivity contribution in [3.8, 4) is 0 Å². The zero-order valence-electron chi connectivity index (χ0n) is 18.0. The lowest BCUT2D eigenvalue weighted by atomic mass is 9.99. The highest BCUT2D eigenvalue weighted by Crippen LogP contribution is 2.16. The van der Waals surface area contributed by atoms with Crippen LogP contribution in [0, 0.1) is 5.92 Å². The van der Waals surface area contributed by atoms with Gasteiger partial charge in [-0.15, -0.1) is 24.0 Å². The maximum atomic E-state index is 12.1. The molecule has 0 unspecified atom stereocenters. The summed E-state index contributed by atoms with van der Waals surface area (Å²) in [6.07, 6.45) is 3.71. The average molecular weight is 538 g/mol. The van der Waals surface area contributed by atoms with Crippen LogP contribution in [-0.2, 0) is 16.6 Å². The number of rotatable bonds is 8. The highest BCUT2D eigenvalue weighted by Gasteiger charge is 2.16. The largest absolute Gasteiger partial charge is 0.356 e. The van der Waals surface area contributed by atoms with Gasteiger partial charge in [0, 0.05) is 34.2 Å². The van der Waals surface area contributed by atoms with E-state index in [1.807, 2.05) is 12.1 Å². The third-order valence-electron chi connectivity index (χ3n) is 5.21. The topological polar surface area (TPSA) is 77.0 Å². The summed E-state index contributed by atoms with van der Waals surface area (Å²) in [5.74, 6) is 1.63. The molecule has 0 amide bonds. The Labute approximate surface area is 193 Å². The Kier molecular flexibility index (Phi) is 11.4. The van der Waals surface area contributed by atoms with Gasteiger partial charge in [-0.05, 0) is 62.5 Å². The lowest BCUT2D eigenvalue weighted by Crippen LogP contribution is -2.39. The van der Waals surface area contributed by atoms with Crippen molar-refractivity contribution in [3.05, 3.63) is 29.8 Å². The van der Waals surface area contributed by atoms with Crippen LogP contribution in [-0.4, -0.2) is 70.9 Å². The molecule has 2 N–H and O–H groups in total. The van der Waals surface area contributed by atoms with E-state index in [9.17, 15) is 8.42 Å². The second kappa shape index (κ2) is 12.7. The molecule has 0 saturated carbocycles. The molecule has 29 heavy (non-hydrogen) atoms. The monoisotopic (exact) mass is 537 g/mol. The number of hydrogen-bond acceptors (Lipinski definition) is 4. The quantitative estimate of drug-likeness (QED) is 0.231. The van der Waals surface area contributed by atoms with Crippen molar-refractivity contribution in [2.75, 3.05) is 47.3 Å². The van der Waals surface area contributed by atoms with Crippen LogP contribution in [0.25, 0.3) is 0 Å². The first-order valence-electron chi connectivity index (χ1n) is 10.0. The predicted molar refractivity (Wildman–Crippen MR) is 130 cm³/mol. The third kappa shape index (κ3) is 8.39. The highest BCUT2D eigenvalue weighted by atomic mass is 127. The molecule has 0 radical (unpaired) electrons. The van der Waals surface area contributed by atoms with Crippen molar-refractivity contribution in [2.24, 2.45) is 10.9 Å². The molecule has 9 heteroatoms. The lowest BCUT2D eigenvalue weighted by molar-refractivity contribution is 0.191. The lowest BCUT2D eigenvalue weighted by Gasteiger charge is -2.30. The van der Waals surface area contributed by atoms with E-state index in [1.54, 1.807) is 19.2 Å². The van der Waals surface area contributed by atoms with E-state index in [1.165, 1.54) is 44.3 Å². The minimum absolute atomic E-state index is 0. The molecule has 166 valence electrons. The van der Waals surface area contributed by atoms with Crippen molar-refractivity contribution in [2.45, 2.75) is 37.6 Å². The van der Waals surface area contributed by atoms with E-state index in [-0.39, 0.29) is 24.0 Å². The van der Waals surface area contributed by atoms with Crippen LogP contribution in [0.1, 0.15) is 31.7 Å². The standard InChI is InChI=1S/C20H35N5O2S.HI/c1-17-10-14-25(15-11-17)13-5-12-22-20(21-2)23-16-18-6-8-19(9-7-18)28(26,27)24(3)4;/h6-9,17H,5,10-16H2,1-4H3,(H2,21,22,23);1H. The van der Waals surface area contributed by atoms with Crippen molar-refractivity contribution in [3.63, 3.8) is 0 Å². The fraction of sp³-hybridized carbons (Fsp3) is 0.650. The molecule has 1 aromatic carbocycles. The number of aliphatic imine (C=N–C) groups is 1. The van der Waals surface area contributed by atoms with Gasteiger partial charge in [0.15, 0.2) is 5.96 Å². The molecule has 0 spiro atoms. The number of nitrogens with one attached hydrogen (secondary N) is 2. The number of piperidine rings is 1. The number of guanidine groups is 1. The maximum Gasteiger partial charge on any atom is 0.242 e. The summed E-state index contributed by atoms with van der Waals surface area (Å²) in [4.78, 5) is 7.10. The molecule has 0 bridgehead atoms. The van der Waals surface area contributed by atoms with Gasteiger partial charge in [-0.3, -0.25) is 4.99 Å². The highest BCUT2D eigenvalue weighted by molar-refractivity contribution is 14.0. The Morgan fingerprint density at radius 2 is 1.79 bits per heavy atom. The molecule has 2 rings (SSSR count).